The van der Waals surface area contributed by atoms with Crippen molar-refractivity contribution in [3.05, 3.63) is 24.3 Å². The zero-order valence-corrected chi connectivity index (χ0v) is 13.8. The maximum atomic E-state index is 6.29. The van der Waals surface area contributed by atoms with Gasteiger partial charge in [0.2, 0.25) is 0 Å². The summed E-state index contributed by atoms with van der Waals surface area (Å²) in [6.07, 6.45) is 3.32. The highest BCUT2D eigenvalue weighted by Crippen LogP contribution is 2.39. The van der Waals surface area contributed by atoms with Crippen molar-refractivity contribution in [2.24, 2.45) is 17.1 Å². The Morgan fingerprint density at radius 3 is 2.43 bits per heavy atom. The van der Waals surface area contributed by atoms with Gasteiger partial charge in [-0.25, -0.2) is 0 Å². The van der Waals surface area contributed by atoms with Crippen LogP contribution in [0.3, 0.4) is 0 Å². The number of benzene rings is 1. The van der Waals surface area contributed by atoms with Gasteiger partial charge in [0.1, 0.15) is 6.10 Å². The van der Waals surface area contributed by atoms with E-state index in [4.69, 9.17) is 15.2 Å². The van der Waals surface area contributed by atoms with Crippen LogP contribution >= 0.6 is 0 Å². The van der Waals surface area contributed by atoms with Gasteiger partial charge in [0.05, 0.1) is 6.61 Å². The number of ether oxygens (including phenoxy) is 2. The minimum atomic E-state index is 0.0737. The molecule has 1 aliphatic carbocycles. The summed E-state index contributed by atoms with van der Waals surface area (Å²) in [4.78, 5) is 0. The first-order chi connectivity index (χ1) is 9.91. The summed E-state index contributed by atoms with van der Waals surface area (Å²) in [5.41, 5.74) is 6.60. The van der Waals surface area contributed by atoms with Crippen LogP contribution in [0.1, 0.15) is 47.0 Å². The van der Waals surface area contributed by atoms with Crippen molar-refractivity contribution in [3.8, 4) is 11.5 Å². The predicted octanol–water partition coefficient (Wildman–Crippen LogP) is 4.01. The molecule has 0 amide bonds. The molecule has 118 valence electrons. The molecule has 0 bridgehead atoms. The van der Waals surface area contributed by atoms with E-state index in [-0.39, 0.29) is 12.1 Å². The maximum absolute atomic E-state index is 6.29. The zero-order valence-electron chi connectivity index (χ0n) is 13.8. The van der Waals surface area contributed by atoms with E-state index < -0.39 is 0 Å². The third-order valence-corrected chi connectivity index (χ3v) is 4.49. The standard InChI is InChI=1S/C18H29NO2/c1-5-20-15-8-6-7-9-16(15)21-17-12-13(18(2,3)4)10-11-14(17)19/h6-9,13-14,17H,5,10-12,19H2,1-4H3. The van der Waals surface area contributed by atoms with Gasteiger partial charge in [-0.2, -0.15) is 0 Å². The van der Waals surface area contributed by atoms with Crippen molar-refractivity contribution in [2.75, 3.05) is 6.61 Å². The predicted molar refractivity (Wildman–Crippen MR) is 86.8 cm³/mol. The molecule has 1 fully saturated rings. The topological polar surface area (TPSA) is 44.5 Å². The van der Waals surface area contributed by atoms with Gasteiger partial charge < -0.3 is 15.2 Å². The molecule has 0 aromatic heterocycles. The summed E-state index contributed by atoms with van der Waals surface area (Å²) in [5, 5.41) is 0. The number of para-hydroxylation sites is 2. The molecule has 0 heterocycles. The SMILES string of the molecule is CCOc1ccccc1OC1CC(C(C)(C)C)CCC1N. The molecule has 0 saturated heterocycles. The van der Waals surface area contributed by atoms with E-state index >= 15 is 0 Å². The van der Waals surface area contributed by atoms with Crippen LogP contribution < -0.4 is 15.2 Å². The Balaban J connectivity index is 2.10. The average Bonchev–Trinajstić information content (AvgIpc) is 2.42. The summed E-state index contributed by atoms with van der Waals surface area (Å²) in [6, 6.07) is 7.98. The van der Waals surface area contributed by atoms with Crippen molar-refractivity contribution < 1.29 is 9.47 Å². The van der Waals surface area contributed by atoms with Crippen molar-refractivity contribution in [1.82, 2.24) is 0 Å². The molecule has 1 aliphatic rings. The normalized spacial score (nSPS) is 26.4. The lowest BCUT2D eigenvalue weighted by atomic mass is 9.70. The number of hydrogen-bond donors (Lipinski definition) is 1. The third-order valence-electron chi connectivity index (χ3n) is 4.49. The largest absolute Gasteiger partial charge is 0.490 e. The van der Waals surface area contributed by atoms with Crippen molar-refractivity contribution in [3.63, 3.8) is 0 Å². The molecule has 0 aliphatic heterocycles. The minimum Gasteiger partial charge on any atom is -0.490 e. The average molecular weight is 291 g/mol. The lowest BCUT2D eigenvalue weighted by Crippen LogP contribution is -2.46. The van der Waals surface area contributed by atoms with Crippen LogP contribution in [0.5, 0.6) is 11.5 Å². The first-order valence-electron chi connectivity index (χ1n) is 8.06. The molecule has 3 atom stereocenters. The van der Waals surface area contributed by atoms with E-state index in [1.807, 2.05) is 31.2 Å². The molecule has 21 heavy (non-hydrogen) atoms. The molecule has 0 radical (unpaired) electrons. The molecule has 2 N–H and O–H groups in total. The van der Waals surface area contributed by atoms with E-state index in [0.29, 0.717) is 17.9 Å². The van der Waals surface area contributed by atoms with Gasteiger partial charge in [-0.15, -0.1) is 0 Å². The van der Waals surface area contributed by atoms with Gasteiger partial charge in [-0.3, -0.25) is 0 Å². The Morgan fingerprint density at radius 2 is 1.81 bits per heavy atom. The summed E-state index contributed by atoms with van der Waals surface area (Å²) >= 11 is 0. The highest BCUT2D eigenvalue weighted by Gasteiger charge is 2.35. The van der Waals surface area contributed by atoms with Gasteiger partial charge in [-0.05, 0) is 49.7 Å². The summed E-state index contributed by atoms with van der Waals surface area (Å²) in [6.45, 7) is 9.54. The fourth-order valence-corrected chi connectivity index (χ4v) is 3.06. The summed E-state index contributed by atoms with van der Waals surface area (Å²) in [5.74, 6) is 2.28. The maximum Gasteiger partial charge on any atom is 0.161 e. The molecular formula is C18H29NO2. The van der Waals surface area contributed by atoms with Crippen LogP contribution in [0.2, 0.25) is 0 Å². The van der Waals surface area contributed by atoms with Crippen LogP contribution in [-0.4, -0.2) is 18.8 Å². The quantitative estimate of drug-likeness (QED) is 0.911. The third kappa shape index (κ3) is 4.13. The van der Waals surface area contributed by atoms with Gasteiger partial charge in [0.15, 0.2) is 11.5 Å². The van der Waals surface area contributed by atoms with Crippen LogP contribution in [0, 0.1) is 11.3 Å². The van der Waals surface area contributed by atoms with E-state index in [9.17, 15) is 0 Å². The molecule has 3 heteroatoms. The Labute approximate surface area is 128 Å². The number of hydrogen-bond acceptors (Lipinski definition) is 3. The Morgan fingerprint density at radius 1 is 1.14 bits per heavy atom. The summed E-state index contributed by atoms with van der Waals surface area (Å²) < 4.78 is 11.9. The van der Waals surface area contributed by atoms with Gasteiger partial charge >= 0.3 is 0 Å². The van der Waals surface area contributed by atoms with E-state index in [2.05, 4.69) is 20.8 Å². The molecule has 3 nitrogen and oxygen atoms in total. The van der Waals surface area contributed by atoms with Crippen molar-refractivity contribution >= 4 is 0 Å². The zero-order chi connectivity index (χ0) is 15.5. The van der Waals surface area contributed by atoms with E-state index in [0.717, 1.165) is 24.3 Å². The second-order valence-electron chi connectivity index (χ2n) is 7.08. The second kappa shape index (κ2) is 6.69. The molecule has 1 aromatic carbocycles. The summed E-state index contributed by atoms with van der Waals surface area (Å²) in [7, 11) is 0. The van der Waals surface area contributed by atoms with Crippen LogP contribution in [0.4, 0.5) is 0 Å². The molecule has 1 aromatic rings. The fraction of sp³-hybridized carbons (Fsp3) is 0.667. The van der Waals surface area contributed by atoms with E-state index in [1.165, 1.54) is 6.42 Å². The molecule has 3 unspecified atom stereocenters. The van der Waals surface area contributed by atoms with Crippen LogP contribution in [0.15, 0.2) is 24.3 Å². The monoisotopic (exact) mass is 291 g/mol. The number of nitrogens with two attached hydrogens (primary N) is 1. The first-order valence-corrected chi connectivity index (χ1v) is 8.06. The highest BCUT2D eigenvalue weighted by atomic mass is 16.5. The van der Waals surface area contributed by atoms with Crippen molar-refractivity contribution in [1.29, 1.82) is 0 Å². The Hall–Kier alpha value is -1.22. The Kier molecular flexibility index (Phi) is 5.15. The van der Waals surface area contributed by atoms with Gasteiger partial charge in [-0.1, -0.05) is 32.9 Å². The van der Waals surface area contributed by atoms with Gasteiger partial charge in [0.25, 0.3) is 0 Å². The van der Waals surface area contributed by atoms with Crippen molar-refractivity contribution in [2.45, 2.75) is 59.1 Å². The Bertz CT molecular complexity index is 453. The molecule has 0 spiro atoms. The fourth-order valence-electron chi connectivity index (χ4n) is 3.06. The lowest BCUT2D eigenvalue weighted by molar-refractivity contribution is 0.0570. The smallest absolute Gasteiger partial charge is 0.161 e. The highest BCUT2D eigenvalue weighted by molar-refractivity contribution is 5.39. The molecule has 1 saturated carbocycles. The minimum absolute atomic E-state index is 0.0737. The molecular weight excluding hydrogens is 262 g/mol. The van der Waals surface area contributed by atoms with Crippen LogP contribution in [-0.2, 0) is 0 Å². The number of rotatable bonds is 4. The van der Waals surface area contributed by atoms with E-state index in [1.54, 1.807) is 0 Å². The first kappa shape index (κ1) is 16.2. The van der Waals surface area contributed by atoms with Gasteiger partial charge in [0, 0.05) is 6.04 Å². The van der Waals surface area contributed by atoms with Crippen LogP contribution in [0.25, 0.3) is 0 Å². The molecule has 2 rings (SSSR count). The second-order valence-corrected chi connectivity index (χ2v) is 7.08. The lowest BCUT2D eigenvalue weighted by Gasteiger charge is -2.40.